The third-order valence-electron chi connectivity index (χ3n) is 0. The van der Waals surface area contributed by atoms with Crippen LogP contribution in [0.3, 0.4) is 0 Å². The summed E-state index contributed by atoms with van der Waals surface area (Å²) >= 11 is 7.30. The van der Waals surface area contributed by atoms with E-state index in [-0.39, 0.29) is 0 Å². The SMILES string of the molecule is [Ag][I].[Cl][Ag]. The van der Waals surface area contributed by atoms with Crippen LogP contribution in [-0.4, -0.2) is 0 Å². The summed E-state index contributed by atoms with van der Waals surface area (Å²) in [5, 5.41) is 0. The van der Waals surface area contributed by atoms with Crippen molar-refractivity contribution in [3.05, 3.63) is 0 Å². The van der Waals surface area contributed by atoms with Crippen LogP contribution in [0, 0.1) is 0 Å². The summed E-state index contributed by atoms with van der Waals surface area (Å²) in [6, 6.07) is 0. The van der Waals surface area contributed by atoms with E-state index in [0.717, 1.165) is 0 Å². The van der Waals surface area contributed by atoms with Gasteiger partial charge in [0.05, 0.1) is 0 Å². The first-order chi connectivity index (χ1) is 2.00. The predicted octanol–water partition coefficient (Wildman–Crippen LogP) is 1.57. The molecule has 0 fully saturated rings. The molecular formula is Ag2ClI. The molecule has 0 aliphatic rings. The molecule has 0 spiro atoms. The summed E-state index contributed by atoms with van der Waals surface area (Å²) in [5.41, 5.74) is 0. The Labute approximate surface area is 64.2 Å². The van der Waals surface area contributed by atoms with Crippen LogP contribution in [0.5, 0.6) is 0 Å². The molecule has 0 atom stereocenters. The van der Waals surface area contributed by atoms with E-state index in [1.165, 1.54) is 0 Å². The first kappa shape index (κ1) is 9.71. The molecule has 0 bridgehead atoms. The molecule has 0 amide bonds. The monoisotopic (exact) mass is 376 g/mol. The molecule has 0 aromatic rings. The summed E-state index contributed by atoms with van der Waals surface area (Å²) in [6.07, 6.45) is 0. The predicted molar refractivity (Wildman–Crippen MR) is 19.9 cm³/mol. The van der Waals surface area contributed by atoms with Crippen LogP contribution in [0.4, 0.5) is 0 Å². The Kier molecular flexibility index (Phi) is 43.3. The molecule has 36 valence electrons. The molecule has 0 nitrogen and oxygen atoms in total. The van der Waals surface area contributed by atoms with Gasteiger partial charge in [-0.3, -0.25) is 0 Å². The van der Waals surface area contributed by atoms with Gasteiger partial charge in [-0.1, -0.05) is 0 Å². The normalized spacial score (nSPS) is 3.50. The van der Waals surface area contributed by atoms with Crippen molar-refractivity contribution in [1.82, 2.24) is 0 Å². The average molecular weight is 378 g/mol. The third-order valence-corrected chi connectivity index (χ3v) is 0. The molecule has 0 heterocycles. The zero-order chi connectivity index (χ0) is 4.00. The van der Waals surface area contributed by atoms with E-state index in [1.807, 2.05) is 19.0 Å². The fourth-order valence-corrected chi connectivity index (χ4v) is 0. The Balaban J connectivity index is 0. The van der Waals surface area contributed by atoms with E-state index in [0.29, 0.717) is 0 Å². The van der Waals surface area contributed by atoms with Gasteiger partial charge in [0.25, 0.3) is 0 Å². The summed E-state index contributed by atoms with van der Waals surface area (Å²) in [7, 11) is 4.45. The van der Waals surface area contributed by atoms with Crippen molar-refractivity contribution in [2.24, 2.45) is 0 Å². The van der Waals surface area contributed by atoms with Crippen molar-refractivity contribution < 1.29 is 37.2 Å². The Morgan fingerprint density at radius 3 is 1.25 bits per heavy atom. The van der Waals surface area contributed by atoms with Crippen LogP contribution < -0.4 is 0 Å². The van der Waals surface area contributed by atoms with E-state index in [2.05, 4.69) is 46.4 Å². The molecule has 4 heavy (non-hydrogen) atoms. The van der Waals surface area contributed by atoms with Crippen molar-refractivity contribution in [3.63, 3.8) is 0 Å². The molecule has 0 saturated carbocycles. The van der Waals surface area contributed by atoms with Gasteiger partial charge in [-0.05, 0) is 0 Å². The van der Waals surface area contributed by atoms with Gasteiger partial charge in [-0.25, -0.2) is 0 Å². The van der Waals surface area contributed by atoms with Crippen molar-refractivity contribution in [3.8, 4) is 0 Å². The van der Waals surface area contributed by atoms with E-state index in [1.54, 1.807) is 0 Å². The molecule has 0 saturated heterocycles. The fourth-order valence-electron chi connectivity index (χ4n) is 0. The van der Waals surface area contributed by atoms with Gasteiger partial charge in [0.1, 0.15) is 0 Å². The number of halogens is 2. The summed E-state index contributed by atoms with van der Waals surface area (Å²) in [6.45, 7) is 0. The first-order valence-corrected chi connectivity index (χ1v) is 6.55. The molecule has 0 N–H and O–H groups in total. The molecule has 0 unspecified atom stereocenters. The van der Waals surface area contributed by atoms with Gasteiger partial charge >= 0.3 is 65.4 Å². The number of hydrogen-bond acceptors (Lipinski definition) is 0. The van der Waals surface area contributed by atoms with E-state index in [4.69, 9.17) is 0 Å². The van der Waals surface area contributed by atoms with Gasteiger partial charge < -0.3 is 0 Å². The van der Waals surface area contributed by atoms with Crippen molar-refractivity contribution >= 4 is 28.2 Å². The first-order valence-electron chi connectivity index (χ1n) is 0.228. The Morgan fingerprint density at radius 1 is 1.25 bits per heavy atom. The minimum absolute atomic E-state index is 1.96. The van der Waals surface area contributed by atoms with Crippen LogP contribution in [0.2, 0.25) is 0 Å². The molecular weight excluding hydrogens is 378 g/mol. The average Bonchev–Trinajstić information content (AvgIpc) is 1.50. The molecule has 0 aliphatic heterocycles. The van der Waals surface area contributed by atoms with Crippen LogP contribution in [-0.2, 0) is 37.2 Å². The zero-order valence-corrected chi connectivity index (χ0v) is 7.24. The second-order valence-corrected chi connectivity index (χ2v) is 0. The number of hydrogen-bond donors (Lipinski definition) is 0. The summed E-state index contributed by atoms with van der Waals surface area (Å²) in [4.78, 5) is 0. The topological polar surface area (TPSA) is 0 Å². The molecule has 0 aliphatic carbocycles. The van der Waals surface area contributed by atoms with E-state index < -0.39 is 0 Å². The zero-order valence-electron chi connectivity index (χ0n) is 1.36. The molecule has 0 aromatic heterocycles. The van der Waals surface area contributed by atoms with Crippen LogP contribution in [0.15, 0.2) is 0 Å². The second kappa shape index (κ2) is 17.8. The maximum atomic E-state index is 4.45. The van der Waals surface area contributed by atoms with Crippen molar-refractivity contribution in [1.29, 1.82) is 0 Å². The van der Waals surface area contributed by atoms with Crippen LogP contribution in [0.25, 0.3) is 0 Å². The van der Waals surface area contributed by atoms with Gasteiger partial charge in [-0.15, -0.1) is 0 Å². The Bertz CT molecular complexity index is 6.00. The van der Waals surface area contributed by atoms with Crippen molar-refractivity contribution in [2.75, 3.05) is 0 Å². The minimum atomic E-state index is 1.96. The van der Waals surface area contributed by atoms with Gasteiger partial charge in [0.2, 0.25) is 0 Å². The van der Waals surface area contributed by atoms with Gasteiger partial charge in [-0.2, -0.15) is 0 Å². The van der Waals surface area contributed by atoms with Gasteiger partial charge in [0, 0.05) is 0 Å². The Morgan fingerprint density at radius 2 is 1.25 bits per heavy atom. The molecule has 0 rings (SSSR count). The number of rotatable bonds is 0. The molecule has 4 heteroatoms. The summed E-state index contributed by atoms with van der Waals surface area (Å²) < 4.78 is 0. The van der Waals surface area contributed by atoms with Crippen molar-refractivity contribution in [2.45, 2.75) is 0 Å². The Hall–Kier alpha value is 2.50. The third kappa shape index (κ3) is 8.82. The standard InChI is InChI=1S/2Ag.ClH.HI/h;;2*1H/q2*+1;;/p-2. The second-order valence-electron chi connectivity index (χ2n) is 0. The molecule has 0 radical (unpaired) electrons. The fraction of sp³-hybridized carbons (Fsp3) is 0. The van der Waals surface area contributed by atoms with Gasteiger partial charge in [0.15, 0.2) is 0 Å². The quantitative estimate of drug-likeness (QED) is 0.444. The van der Waals surface area contributed by atoms with Crippen LogP contribution >= 0.6 is 28.2 Å². The van der Waals surface area contributed by atoms with E-state index in [9.17, 15) is 0 Å². The molecule has 0 aromatic carbocycles. The maximum absolute atomic E-state index is 4.45. The van der Waals surface area contributed by atoms with E-state index >= 15 is 0 Å². The van der Waals surface area contributed by atoms with Crippen LogP contribution in [0.1, 0.15) is 0 Å². The summed E-state index contributed by atoms with van der Waals surface area (Å²) in [5.74, 6) is 0.